The van der Waals surface area contributed by atoms with E-state index in [0.717, 1.165) is 5.56 Å². The molecule has 0 bridgehead atoms. The summed E-state index contributed by atoms with van der Waals surface area (Å²) in [6.07, 6.45) is 0. The minimum atomic E-state index is -1.04. The van der Waals surface area contributed by atoms with Gasteiger partial charge in [0.25, 0.3) is 5.91 Å². The van der Waals surface area contributed by atoms with Crippen molar-refractivity contribution in [3.63, 3.8) is 0 Å². The lowest BCUT2D eigenvalue weighted by Gasteiger charge is -2.27. The Bertz CT molecular complexity index is 700. The van der Waals surface area contributed by atoms with E-state index in [2.05, 4.69) is 0 Å². The van der Waals surface area contributed by atoms with Crippen molar-refractivity contribution >= 4 is 11.9 Å². The molecule has 0 radical (unpaired) electrons. The van der Waals surface area contributed by atoms with Crippen molar-refractivity contribution in [3.05, 3.63) is 65.7 Å². The molecule has 2 aromatic rings. The van der Waals surface area contributed by atoms with E-state index in [4.69, 9.17) is 4.74 Å². The fourth-order valence-electron chi connectivity index (χ4n) is 2.35. The zero-order valence-corrected chi connectivity index (χ0v) is 13.8. The van der Waals surface area contributed by atoms with E-state index in [-0.39, 0.29) is 12.5 Å². The number of hydrogen-bond donors (Lipinski definition) is 1. The first-order valence-corrected chi connectivity index (χ1v) is 7.83. The van der Waals surface area contributed by atoms with Gasteiger partial charge in [-0.3, -0.25) is 4.79 Å². The quantitative estimate of drug-likeness (QED) is 0.848. The highest BCUT2D eigenvalue weighted by molar-refractivity contribution is 5.96. The maximum Gasteiger partial charge on any atom is 0.326 e. The number of carboxylic acid groups (broad SMARTS) is 1. The van der Waals surface area contributed by atoms with Gasteiger partial charge in [-0.25, -0.2) is 4.79 Å². The third-order valence-electron chi connectivity index (χ3n) is 3.67. The van der Waals surface area contributed by atoms with Gasteiger partial charge in [0.1, 0.15) is 11.8 Å². The molecule has 0 saturated heterocycles. The van der Waals surface area contributed by atoms with Crippen LogP contribution in [0.1, 0.15) is 29.8 Å². The SMILES string of the molecule is CCOc1cccc(C(=O)N(Cc2ccccc2)C(C)C(=O)O)c1. The van der Waals surface area contributed by atoms with Crippen molar-refractivity contribution in [3.8, 4) is 5.75 Å². The zero-order chi connectivity index (χ0) is 17.5. The largest absolute Gasteiger partial charge is 0.494 e. The van der Waals surface area contributed by atoms with Crippen LogP contribution in [0.4, 0.5) is 0 Å². The first-order chi connectivity index (χ1) is 11.5. The van der Waals surface area contributed by atoms with Crippen LogP contribution in [-0.4, -0.2) is 34.5 Å². The molecule has 0 heterocycles. The zero-order valence-electron chi connectivity index (χ0n) is 13.8. The number of amides is 1. The van der Waals surface area contributed by atoms with E-state index in [9.17, 15) is 14.7 Å². The second-order valence-corrected chi connectivity index (χ2v) is 5.39. The highest BCUT2D eigenvalue weighted by atomic mass is 16.5. The van der Waals surface area contributed by atoms with Crippen molar-refractivity contribution < 1.29 is 19.4 Å². The Kier molecular flexibility index (Phi) is 5.95. The Morgan fingerprint density at radius 1 is 1.12 bits per heavy atom. The summed E-state index contributed by atoms with van der Waals surface area (Å²) in [4.78, 5) is 25.6. The number of hydrogen-bond acceptors (Lipinski definition) is 3. The molecule has 0 saturated carbocycles. The summed E-state index contributed by atoms with van der Waals surface area (Å²) < 4.78 is 5.42. The monoisotopic (exact) mass is 327 g/mol. The van der Waals surface area contributed by atoms with Crippen LogP contribution >= 0.6 is 0 Å². The van der Waals surface area contributed by atoms with Crippen LogP contribution in [0.2, 0.25) is 0 Å². The van der Waals surface area contributed by atoms with E-state index in [0.29, 0.717) is 17.9 Å². The molecule has 2 aromatic carbocycles. The van der Waals surface area contributed by atoms with Crippen molar-refractivity contribution in [2.75, 3.05) is 6.61 Å². The van der Waals surface area contributed by atoms with Gasteiger partial charge in [0.2, 0.25) is 0 Å². The lowest BCUT2D eigenvalue weighted by Crippen LogP contribution is -2.42. The Morgan fingerprint density at radius 3 is 2.46 bits per heavy atom. The van der Waals surface area contributed by atoms with Gasteiger partial charge in [-0.15, -0.1) is 0 Å². The Hall–Kier alpha value is -2.82. The predicted molar refractivity (Wildman–Crippen MR) is 91.0 cm³/mol. The van der Waals surface area contributed by atoms with Crippen LogP contribution < -0.4 is 4.74 Å². The van der Waals surface area contributed by atoms with E-state index < -0.39 is 12.0 Å². The lowest BCUT2D eigenvalue weighted by atomic mass is 10.1. The molecule has 24 heavy (non-hydrogen) atoms. The molecule has 0 aliphatic rings. The van der Waals surface area contributed by atoms with Gasteiger partial charge in [-0.2, -0.15) is 0 Å². The topological polar surface area (TPSA) is 66.8 Å². The number of rotatable bonds is 7. The number of ether oxygens (including phenoxy) is 1. The maximum atomic E-state index is 12.9. The van der Waals surface area contributed by atoms with Crippen LogP contribution in [0.25, 0.3) is 0 Å². The average molecular weight is 327 g/mol. The molecule has 1 unspecified atom stereocenters. The Morgan fingerprint density at radius 2 is 1.83 bits per heavy atom. The summed E-state index contributed by atoms with van der Waals surface area (Å²) in [5.41, 5.74) is 1.28. The van der Waals surface area contributed by atoms with E-state index in [1.54, 1.807) is 24.3 Å². The molecule has 1 atom stereocenters. The van der Waals surface area contributed by atoms with Crippen molar-refractivity contribution in [1.82, 2.24) is 4.90 Å². The summed E-state index contributed by atoms with van der Waals surface area (Å²) in [6.45, 7) is 4.10. The van der Waals surface area contributed by atoms with Crippen molar-refractivity contribution in [1.29, 1.82) is 0 Å². The normalized spacial score (nSPS) is 11.6. The Labute approximate surface area is 141 Å². The predicted octanol–water partition coefficient (Wildman–Crippen LogP) is 3.20. The van der Waals surface area contributed by atoms with Crippen LogP contribution in [0, 0.1) is 0 Å². The van der Waals surface area contributed by atoms with Gasteiger partial charge >= 0.3 is 5.97 Å². The molecule has 5 heteroatoms. The smallest absolute Gasteiger partial charge is 0.326 e. The minimum Gasteiger partial charge on any atom is -0.494 e. The number of nitrogens with zero attached hydrogens (tertiary/aromatic N) is 1. The fourth-order valence-corrected chi connectivity index (χ4v) is 2.35. The molecule has 2 rings (SSSR count). The summed E-state index contributed by atoms with van der Waals surface area (Å²) in [5, 5.41) is 9.35. The van der Waals surface area contributed by atoms with Gasteiger partial charge in [0.15, 0.2) is 0 Å². The Balaban J connectivity index is 2.30. The standard InChI is InChI=1S/C19H21NO4/c1-3-24-17-11-7-10-16(12-17)18(21)20(14(2)19(22)23)13-15-8-5-4-6-9-15/h4-12,14H,3,13H2,1-2H3,(H,22,23). The third-order valence-corrected chi connectivity index (χ3v) is 3.67. The van der Waals surface area contributed by atoms with Gasteiger partial charge in [-0.05, 0) is 37.6 Å². The van der Waals surface area contributed by atoms with Gasteiger partial charge in [-0.1, -0.05) is 36.4 Å². The van der Waals surface area contributed by atoms with E-state index in [1.807, 2.05) is 37.3 Å². The third kappa shape index (κ3) is 4.35. The molecule has 1 N–H and O–H groups in total. The van der Waals surface area contributed by atoms with Crippen LogP contribution in [-0.2, 0) is 11.3 Å². The van der Waals surface area contributed by atoms with E-state index in [1.165, 1.54) is 11.8 Å². The molecular formula is C19H21NO4. The number of carbonyl (C=O) groups excluding carboxylic acids is 1. The fraction of sp³-hybridized carbons (Fsp3) is 0.263. The average Bonchev–Trinajstić information content (AvgIpc) is 2.60. The number of carboxylic acids is 1. The van der Waals surface area contributed by atoms with Gasteiger partial charge < -0.3 is 14.7 Å². The molecule has 126 valence electrons. The van der Waals surface area contributed by atoms with Crippen LogP contribution in [0.5, 0.6) is 5.75 Å². The summed E-state index contributed by atoms with van der Waals surface area (Å²) in [6, 6.07) is 15.2. The van der Waals surface area contributed by atoms with E-state index >= 15 is 0 Å². The maximum absolute atomic E-state index is 12.9. The van der Waals surface area contributed by atoms with Gasteiger partial charge in [0, 0.05) is 12.1 Å². The molecule has 0 aliphatic carbocycles. The summed E-state index contributed by atoms with van der Waals surface area (Å²) in [5.74, 6) is -0.790. The van der Waals surface area contributed by atoms with Crippen molar-refractivity contribution in [2.45, 2.75) is 26.4 Å². The molecule has 5 nitrogen and oxygen atoms in total. The van der Waals surface area contributed by atoms with Crippen molar-refractivity contribution in [2.24, 2.45) is 0 Å². The second-order valence-electron chi connectivity index (χ2n) is 5.39. The van der Waals surface area contributed by atoms with Crippen LogP contribution in [0.15, 0.2) is 54.6 Å². The molecule has 0 spiro atoms. The highest BCUT2D eigenvalue weighted by Crippen LogP contribution is 2.18. The first-order valence-electron chi connectivity index (χ1n) is 7.83. The number of carbonyl (C=O) groups is 2. The van der Waals surface area contributed by atoms with Gasteiger partial charge in [0.05, 0.1) is 6.61 Å². The minimum absolute atomic E-state index is 0.228. The highest BCUT2D eigenvalue weighted by Gasteiger charge is 2.26. The van der Waals surface area contributed by atoms with Crippen LogP contribution in [0.3, 0.4) is 0 Å². The second kappa shape index (κ2) is 8.15. The summed E-state index contributed by atoms with van der Waals surface area (Å²) in [7, 11) is 0. The lowest BCUT2D eigenvalue weighted by molar-refractivity contribution is -0.141. The molecule has 1 amide bonds. The molecule has 0 aromatic heterocycles. The number of aliphatic carboxylic acids is 1. The molecule has 0 fully saturated rings. The molecular weight excluding hydrogens is 306 g/mol. The molecule has 0 aliphatic heterocycles. The summed E-state index contributed by atoms with van der Waals surface area (Å²) >= 11 is 0. The first kappa shape index (κ1) is 17.5. The number of benzene rings is 2.